The SMILES string of the molecule is COc1ccc(C(O)=C2C(=O)C(=O)N(CCCN3CCOCC3)[C@H]2c2ccc(Cl)c(Cl)c2)cc1. The number of hydrogen-bond acceptors (Lipinski definition) is 6. The molecule has 0 saturated carbocycles. The lowest BCUT2D eigenvalue weighted by Crippen LogP contribution is -2.38. The Balaban J connectivity index is 1.69. The van der Waals surface area contributed by atoms with Crippen LogP contribution in [0.3, 0.4) is 0 Å². The average molecular weight is 505 g/mol. The standard InChI is InChI=1S/C25H26Cl2N2O5/c1-33-18-6-3-16(4-7-18)23(30)21-22(17-5-8-19(26)20(27)15-17)29(25(32)24(21)31)10-2-9-28-11-13-34-14-12-28/h3-8,15,22,30H,2,9-14H2,1H3/t22-/m0/s1. The van der Waals surface area contributed by atoms with Crippen LogP contribution in [0.2, 0.25) is 10.0 Å². The Labute approximate surface area is 208 Å². The van der Waals surface area contributed by atoms with Gasteiger partial charge in [0.2, 0.25) is 0 Å². The molecule has 2 aliphatic heterocycles. The first-order valence-electron chi connectivity index (χ1n) is 11.1. The first-order chi connectivity index (χ1) is 16.4. The lowest BCUT2D eigenvalue weighted by molar-refractivity contribution is -0.140. The largest absolute Gasteiger partial charge is 0.507 e. The van der Waals surface area contributed by atoms with E-state index in [1.807, 2.05) is 0 Å². The molecular formula is C25H26Cl2N2O5. The first-order valence-corrected chi connectivity index (χ1v) is 11.8. The molecule has 2 heterocycles. The molecule has 0 unspecified atom stereocenters. The fraction of sp³-hybridized carbons (Fsp3) is 0.360. The van der Waals surface area contributed by atoms with Gasteiger partial charge in [0.15, 0.2) is 0 Å². The van der Waals surface area contributed by atoms with Crippen LogP contribution in [-0.2, 0) is 14.3 Å². The summed E-state index contributed by atoms with van der Waals surface area (Å²) in [4.78, 5) is 30.0. The Kier molecular flexibility index (Phi) is 7.78. The van der Waals surface area contributed by atoms with Gasteiger partial charge in [-0.15, -0.1) is 0 Å². The zero-order valence-corrected chi connectivity index (χ0v) is 20.3. The molecule has 0 spiro atoms. The van der Waals surface area contributed by atoms with Gasteiger partial charge in [-0.1, -0.05) is 29.3 Å². The number of benzene rings is 2. The van der Waals surface area contributed by atoms with Crippen LogP contribution >= 0.6 is 23.2 Å². The first kappa shape index (κ1) is 24.5. The highest BCUT2D eigenvalue weighted by molar-refractivity contribution is 6.46. The molecule has 0 aliphatic carbocycles. The molecule has 0 aromatic heterocycles. The van der Waals surface area contributed by atoms with Crippen LogP contribution in [0.5, 0.6) is 5.75 Å². The van der Waals surface area contributed by atoms with Gasteiger partial charge in [0.05, 0.1) is 42.0 Å². The van der Waals surface area contributed by atoms with E-state index in [0.717, 1.165) is 19.6 Å². The number of carbonyl (C=O) groups excluding carboxylic acids is 2. The topological polar surface area (TPSA) is 79.3 Å². The number of hydrogen-bond donors (Lipinski definition) is 1. The van der Waals surface area contributed by atoms with Gasteiger partial charge in [-0.3, -0.25) is 14.5 Å². The molecule has 2 fully saturated rings. The molecule has 2 aromatic rings. The Morgan fingerprint density at radius 3 is 2.41 bits per heavy atom. The Morgan fingerprint density at radius 1 is 1.06 bits per heavy atom. The van der Waals surface area contributed by atoms with Crippen molar-refractivity contribution in [1.82, 2.24) is 9.80 Å². The van der Waals surface area contributed by atoms with E-state index >= 15 is 0 Å². The number of aliphatic hydroxyl groups is 1. The Hall–Kier alpha value is -2.58. The second-order valence-corrected chi connectivity index (χ2v) is 9.02. The number of halogens is 2. The second-order valence-electron chi connectivity index (χ2n) is 8.20. The Bertz CT molecular complexity index is 1100. The molecule has 7 nitrogen and oxygen atoms in total. The Morgan fingerprint density at radius 2 is 1.76 bits per heavy atom. The average Bonchev–Trinajstić information content (AvgIpc) is 3.11. The van der Waals surface area contributed by atoms with Gasteiger partial charge >= 0.3 is 0 Å². The van der Waals surface area contributed by atoms with Crippen LogP contribution in [0.15, 0.2) is 48.0 Å². The third kappa shape index (κ3) is 5.08. The van der Waals surface area contributed by atoms with Crippen LogP contribution in [0.1, 0.15) is 23.6 Å². The van der Waals surface area contributed by atoms with Gasteiger partial charge in [0.1, 0.15) is 11.5 Å². The lowest BCUT2D eigenvalue weighted by atomic mass is 9.95. The number of amides is 1. The minimum atomic E-state index is -0.776. The minimum Gasteiger partial charge on any atom is -0.507 e. The van der Waals surface area contributed by atoms with Crippen molar-refractivity contribution in [1.29, 1.82) is 0 Å². The number of nitrogens with zero attached hydrogens (tertiary/aromatic N) is 2. The summed E-state index contributed by atoms with van der Waals surface area (Å²) in [6, 6.07) is 10.9. The van der Waals surface area contributed by atoms with Crippen LogP contribution < -0.4 is 4.74 Å². The molecule has 34 heavy (non-hydrogen) atoms. The predicted octanol–water partition coefficient (Wildman–Crippen LogP) is 4.15. The number of ketones is 1. The molecule has 2 saturated heterocycles. The molecule has 2 aromatic carbocycles. The smallest absolute Gasteiger partial charge is 0.295 e. The fourth-order valence-corrected chi connectivity index (χ4v) is 4.64. The normalized spacial score (nSPS) is 20.7. The quantitative estimate of drug-likeness (QED) is 0.346. The van der Waals surface area contributed by atoms with Gasteiger partial charge < -0.3 is 19.5 Å². The molecule has 0 bridgehead atoms. The summed E-state index contributed by atoms with van der Waals surface area (Å²) in [5, 5.41) is 11.8. The van der Waals surface area contributed by atoms with Gasteiger partial charge in [-0.25, -0.2) is 0 Å². The van der Waals surface area contributed by atoms with Crippen molar-refractivity contribution >= 4 is 40.7 Å². The molecule has 2 aliphatic rings. The second kappa shape index (κ2) is 10.8. The van der Waals surface area contributed by atoms with Gasteiger partial charge in [0, 0.05) is 31.7 Å². The van der Waals surface area contributed by atoms with E-state index in [9.17, 15) is 14.7 Å². The van der Waals surface area contributed by atoms with E-state index < -0.39 is 17.7 Å². The molecule has 4 rings (SSSR count). The van der Waals surface area contributed by atoms with Gasteiger partial charge in [0.25, 0.3) is 11.7 Å². The summed E-state index contributed by atoms with van der Waals surface area (Å²) in [5.74, 6) is -1.00. The molecule has 1 atom stereocenters. The lowest BCUT2D eigenvalue weighted by Gasteiger charge is -2.29. The summed E-state index contributed by atoms with van der Waals surface area (Å²) in [7, 11) is 1.54. The van der Waals surface area contributed by atoms with E-state index in [0.29, 0.717) is 53.1 Å². The number of morpholine rings is 1. The maximum Gasteiger partial charge on any atom is 0.295 e. The number of likely N-dealkylation sites (tertiary alicyclic amines) is 1. The van der Waals surface area contributed by atoms with Crippen molar-refractivity contribution in [2.24, 2.45) is 0 Å². The number of rotatable bonds is 7. The zero-order chi connectivity index (χ0) is 24.2. The highest BCUT2D eigenvalue weighted by Gasteiger charge is 2.46. The maximum atomic E-state index is 13.1. The number of carbonyl (C=O) groups is 2. The molecular weight excluding hydrogens is 479 g/mol. The molecule has 1 amide bonds. The van der Waals surface area contributed by atoms with Crippen molar-refractivity contribution in [3.63, 3.8) is 0 Å². The van der Waals surface area contributed by atoms with Crippen molar-refractivity contribution in [2.75, 3.05) is 46.5 Å². The van der Waals surface area contributed by atoms with Gasteiger partial charge in [-0.2, -0.15) is 0 Å². The number of Topliss-reactive ketones (excluding diaryl/α,β-unsaturated/α-hetero) is 1. The van der Waals surface area contributed by atoms with Crippen molar-refractivity contribution in [3.05, 3.63) is 69.2 Å². The van der Waals surface area contributed by atoms with E-state index in [2.05, 4.69) is 4.90 Å². The van der Waals surface area contributed by atoms with Crippen LogP contribution in [0.4, 0.5) is 0 Å². The summed E-state index contributed by atoms with van der Waals surface area (Å²) < 4.78 is 10.6. The summed E-state index contributed by atoms with van der Waals surface area (Å²) >= 11 is 12.4. The molecule has 0 radical (unpaired) electrons. The van der Waals surface area contributed by atoms with Crippen molar-refractivity contribution < 1.29 is 24.2 Å². The van der Waals surface area contributed by atoms with Crippen LogP contribution in [-0.4, -0.2) is 73.1 Å². The van der Waals surface area contributed by atoms with Crippen molar-refractivity contribution in [3.8, 4) is 5.75 Å². The highest BCUT2D eigenvalue weighted by atomic mass is 35.5. The monoisotopic (exact) mass is 504 g/mol. The molecule has 1 N–H and O–H groups in total. The minimum absolute atomic E-state index is 0.0277. The highest BCUT2D eigenvalue weighted by Crippen LogP contribution is 2.41. The maximum absolute atomic E-state index is 13.1. The van der Waals surface area contributed by atoms with E-state index in [4.69, 9.17) is 32.7 Å². The van der Waals surface area contributed by atoms with Gasteiger partial charge in [-0.05, 0) is 48.4 Å². The number of ether oxygens (including phenoxy) is 2. The predicted molar refractivity (Wildman–Crippen MR) is 130 cm³/mol. The van der Waals surface area contributed by atoms with E-state index in [1.165, 1.54) is 4.90 Å². The summed E-state index contributed by atoms with van der Waals surface area (Å²) in [6.45, 7) is 4.19. The summed E-state index contributed by atoms with van der Waals surface area (Å²) in [5.41, 5.74) is 1.05. The van der Waals surface area contributed by atoms with E-state index in [-0.39, 0.29) is 11.3 Å². The van der Waals surface area contributed by atoms with E-state index in [1.54, 1.807) is 49.6 Å². The molecule has 180 valence electrons. The van der Waals surface area contributed by atoms with Crippen LogP contribution in [0.25, 0.3) is 5.76 Å². The third-order valence-corrected chi connectivity index (χ3v) is 6.88. The third-order valence-electron chi connectivity index (χ3n) is 6.14. The fourth-order valence-electron chi connectivity index (χ4n) is 4.33. The number of methoxy groups -OCH3 is 1. The van der Waals surface area contributed by atoms with Crippen LogP contribution in [0, 0.1) is 0 Å². The zero-order valence-electron chi connectivity index (χ0n) is 18.8. The number of aliphatic hydroxyl groups excluding tert-OH is 1. The van der Waals surface area contributed by atoms with Crippen molar-refractivity contribution in [2.45, 2.75) is 12.5 Å². The molecule has 9 heteroatoms. The summed E-state index contributed by atoms with van der Waals surface area (Å²) in [6.07, 6.45) is 0.674.